The Balaban J connectivity index is 3.46. The van der Waals surface area contributed by atoms with E-state index in [0.717, 1.165) is 4.68 Å². The first-order valence-electron chi connectivity index (χ1n) is 2.93. The fraction of sp³-hybridized carbons (Fsp3) is 0.200. The standard InChI is InChI=1S/C5H4BrN5O/c1-11-5(12)4(6)3(2-8-11)9-10-7/h2H,1H3. The van der Waals surface area contributed by atoms with Gasteiger partial charge < -0.3 is 0 Å². The van der Waals surface area contributed by atoms with Gasteiger partial charge in [-0.05, 0) is 21.5 Å². The van der Waals surface area contributed by atoms with Crippen molar-refractivity contribution in [2.24, 2.45) is 12.2 Å². The molecule has 1 aromatic heterocycles. The molecule has 6 nitrogen and oxygen atoms in total. The van der Waals surface area contributed by atoms with E-state index < -0.39 is 0 Å². The monoisotopic (exact) mass is 229 g/mol. The Kier molecular flexibility index (Phi) is 2.47. The van der Waals surface area contributed by atoms with Crippen molar-refractivity contribution in [1.82, 2.24) is 9.78 Å². The highest BCUT2D eigenvalue weighted by atomic mass is 79.9. The van der Waals surface area contributed by atoms with Gasteiger partial charge in [-0.25, -0.2) is 4.68 Å². The molecule has 0 amide bonds. The molecule has 0 aliphatic carbocycles. The maximum atomic E-state index is 11.1. The summed E-state index contributed by atoms with van der Waals surface area (Å²) in [6, 6.07) is 0. The molecule has 1 rings (SSSR count). The van der Waals surface area contributed by atoms with Crippen LogP contribution in [-0.2, 0) is 7.05 Å². The minimum atomic E-state index is -0.333. The lowest BCUT2D eigenvalue weighted by Gasteiger charge is -1.97. The molecule has 0 N–H and O–H groups in total. The normalized spacial score (nSPS) is 9.17. The number of hydrogen-bond acceptors (Lipinski definition) is 3. The molecule has 0 aromatic carbocycles. The highest BCUT2D eigenvalue weighted by Crippen LogP contribution is 2.18. The Morgan fingerprint density at radius 1 is 1.83 bits per heavy atom. The second kappa shape index (κ2) is 3.38. The van der Waals surface area contributed by atoms with E-state index in [9.17, 15) is 4.79 Å². The van der Waals surface area contributed by atoms with E-state index >= 15 is 0 Å². The molecule has 0 spiro atoms. The number of aromatic nitrogens is 2. The summed E-state index contributed by atoms with van der Waals surface area (Å²) in [5.41, 5.74) is 7.97. The number of hydrogen-bond donors (Lipinski definition) is 0. The molecule has 0 atom stereocenters. The zero-order valence-corrected chi connectivity index (χ0v) is 7.69. The van der Waals surface area contributed by atoms with E-state index in [1.807, 2.05) is 0 Å². The summed E-state index contributed by atoms with van der Waals surface area (Å²) in [7, 11) is 1.51. The molecule has 0 aliphatic heterocycles. The number of halogens is 1. The molecule has 0 aliphatic rings. The molecule has 0 fully saturated rings. The zero-order chi connectivity index (χ0) is 9.14. The van der Waals surface area contributed by atoms with Crippen molar-refractivity contribution in [2.45, 2.75) is 0 Å². The molecular formula is C5H4BrN5O. The summed E-state index contributed by atoms with van der Waals surface area (Å²) in [4.78, 5) is 13.7. The molecule has 0 bridgehead atoms. The molecule has 0 saturated heterocycles. The average molecular weight is 230 g/mol. The Morgan fingerprint density at radius 3 is 3.08 bits per heavy atom. The SMILES string of the molecule is Cn1ncc(N=[N+]=[N-])c(Br)c1=O. The minimum absolute atomic E-state index is 0.195. The predicted octanol–water partition coefficient (Wildman–Crippen LogP) is 1.48. The fourth-order valence-electron chi connectivity index (χ4n) is 0.620. The summed E-state index contributed by atoms with van der Waals surface area (Å²) < 4.78 is 1.36. The van der Waals surface area contributed by atoms with Crippen LogP contribution in [0.25, 0.3) is 10.4 Å². The van der Waals surface area contributed by atoms with Crippen molar-refractivity contribution in [2.75, 3.05) is 0 Å². The third-order valence-electron chi connectivity index (χ3n) is 1.21. The van der Waals surface area contributed by atoms with Gasteiger partial charge in [0.1, 0.15) is 0 Å². The summed E-state index contributed by atoms with van der Waals surface area (Å²) in [5.74, 6) is 0. The molecule has 7 heteroatoms. The van der Waals surface area contributed by atoms with Crippen LogP contribution >= 0.6 is 15.9 Å². The maximum absolute atomic E-state index is 11.1. The summed E-state index contributed by atoms with van der Waals surface area (Å²) >= 11 is 2.99. The Bertz CT molecular complexity index is 405. The molecule has 0 unspecified atom stereocenters. The fourth-order valence-corrected chi connectivity index (χ4v) is 1.06. The van der Waals surface area contributed by atoms with Crippen LogP contribution in [0.1, 0.15) is 0 Å². The molecule has 1 heterocycles. The van der Waals surface area contributed by atoms with E-state index in [1.165, 1.54) is 13.2 Å². The first kappa shape index (κ1) is 8.76. The lowest BCUT2D eigenvalue weighted by Crippen LogP contribution is -2.19. The smallest absolute Gasteiger partial charge is 0.267 e. The van der Waals surface area contributed by atoms with Gasteiger partial charge in [0.2, 0.25) is 0 Å². The molecular weight excluding hydrogens is 226 g/mol. The number of aryl methyl sites for hydroxylation is 1. The third-order valence-corrected chi connectivity index (χ3v) is 1.96. The largest absolute Gasteiger partial charge is 0.281 e. The van der Waals surface area contributed by atoms with Crippen molar-refractivity contribution >= 4 is 21.6 Å². The first-order valence-corrected chi connectivity index (χ1v) is 3.73. The highest BCUT2D eigenvalue weighted by molar-refractivity contribution is 9.10. The topological polar surface area (TPSA) is 83.7 Å². The van der Waals surface area contributed by atoms with Gasteiger partial charge in [-0.15, -0.1) is 0 Å². The van der Waals surface area contributed by atoms with Gasteiger partial charge in [-0.3, -0.25) is 4.79 Å². The number of nitrogens with zero attached hydrogens (tertiary/aromatic N) is 5. The Labute approximate surface area is 75.6 Å². The summed E-state index contributed by atoms with van der Waals surface area (Å²) in [5, 5.41) is 6.93. The molecule has 0 saturated carbocycles. The van der Waals surface area contributed by atoms with Crippen LogP contribution in [0.3, 0.4) is 0 Å². The van der Waals surface area contributed by atoms with Crippen molar-refractivity contribution in [1.29, 1.82) is 0 Å². The Morgan fingerprint density at radius 2 is 2.50 bits per heavy atom. The summed E-state index contributed by atoms with van der Waals surface area (Å²) in [6.45, 7) is 0. The quantitative estimate of drug-likeness (QED) is 0.415. The van der Waals surface area contributed by atoms with Crippen molar-refractivity contribution in [3.05, 3.63) is 31.5 Å². The van der Waals surface area contributed by atoms with Crippen LogP contribution < -0.4 is 5.56 Å². The number of rotatable bonds is 1. The highest BCUT2D eigenvalue weighted by Gasteiger charge is 2.03. The second-order valence-corrected chi connectivity index (χ2v) is 2.75. The number of azide groups is 1. The maximum Gasteiger partial charge on any atom is 0.281 e. The van der Waals surface area contributed by atoms with Gasteiger partial charge in [0.25, 0.3) is 5.56 Å². The predicted molar refractivity (Wildman–Crippen MR) is 46.0 cm³/mol. The van der Waals surface area contributed by atoms with Crippen LogP contribution in [0.2, 0.25) is 0 Å². The Hall–Kier alpha value is -1.33. The van der Waals surface area contributed by atoms with Crippen LogP contribution in [-0.4, -0.2) is 9.78 Å². The second-order valence-electron chi connectivity index (χ2n) is 1.96. The lowest BCUT2D eigenvalue weighted by molar-refractivity contribution is 0.703. The molecule has 62 valence electrons. The van der Waals surface area contributed by atoms with Gasteiger partial charge in [-0.1, -0.05) is 5.11 Å². The van der Waals surface area contributed by atoms with Crippen LogP contribution in [0.5, 0.6) is 0 Å². The van der Waals surface area contributed by atoms with E-state index in [2.05, 4.69) is 31.1 Å². The van der Waals surface area contributed by atoms with Crippen molar-refractivity contribution in [3.8, 4) is 0 Å². The zero-order valence-electron chi connectivity index (χ0n) is 6.10. The van der Waals surface area contributed by atoms with Crippen LogP contribution in [0, 0.1) is 0 Å². The van der Waals surface area contributed by atoms with Gasteiger partial charge >= 0.3 is 0 Å². The van der Waals surface area contributed by atoms with Gasteiger partial charge in [-0.2, -0.15) is 5.10 Å². The van der Waals surface area contributed by atoms with E-state index in [0.29, 0.717) is 0 Å². The van der Waals surface area contributed by atoms with Crippen molar-refractivity contribution < 1.29 is 0 Å². The first-order chi connectivity index (χ1) is 5.66. The van der Waals surface area contributed by atoms with Crippen LogP contribution in [0.4, 0.5) is 5.69 Å². The van der Waals surface area contributed by atoms with E-state index in [-0.39, 0.29) is 15.7 Å². The molecule has 12 heavy (non-hydrogen) atoms. The lowest BCUT2D eigenvalue weighted by atomic mass is 10.5. The van der Waals surface area contributed by atoms with Crippen molar-refractivity contribution in [3.63, 3.8) is 0 Å². The average Bonchev–Trinajstić information content (AvgIpc) is 2.07. The third kappa shape index (κ3) is 1.46. The van der Waals surface area contributed by atoms with Gasteiger partial charge in [0, 0.05) is 12.0 Å². The minimum Gasteiger partial charge on any atom is -0.267 e. The molecule has 1 aromatic rings. The van der Waals surface area contributed by atoms with Gasteiger partial charge in [0.05, 0.1) is 16.4 Å². The summed E-state index contributed by atoms with van der Waals surface area (Å²) in [6.07, 6.45) is 1.31. The van der Waals surface area contributed by atoms with Gasteiger partial charge in [0.15, 0.2) is 0 Å². The van der Waals surface area contributed by atoms with E-state index in [1.54, 1.807) is 0 Å². The van der Waals surface area contributed by atoms with Crippen LogP contribution in [0.15, 0.2) is 20.6 Å². The van der Waals surface area contributed by atoms with E-state index in [4.69, 9.17) is 5.53 Å². The molecule has 0 radical (unpaired) electrons.